The van der Waals surface area contributed by atoms with Gasteiger partial charge < -0.3 is 9.32 Å². The minimum atomic E-state index is -3.12. The fraction of sp³-hybridized carbons (Fsp3) is 0.286. The Labute approximate surface area is 182 Å². The zero-order valence-corrected chi connectivity index (χ0v) is 18.6. The van der Waals surface area contributed by atoms with E-state index < -0.39 is 9.84 Å². The molecular weight excluding hydrogens is 478 g/mol. The SMILES string of the molecule is O=C(Cc1coc2ccc(Br)cc12)N(Cc1ccc(Cl)cc1)C1CCS(=O)(=O)C1. The molecule has 5 nitrogen and oxygen atoms in total. The highest BCUT2D eigenvalue weighted by Gasteiger charge is 2.34. The van der Waals surface area contributed by atoms with Crippen LogP contribution in [0.2, 0.25) is 5.02 Å². The molecular formula is C21H19BrClNO4S. The Bertz CT molecular complexity index is 1160. The van der Waals surface area contributed by atoms with E-state index in [9.17, 15) is 13.2 Å². The van der Waals surface area contributed by atoms with Crippen LogP contribution in [0.3, 0.4) is 0 Å². The summed E-state index contributed by atoms with van der Waals surface area (Å²) in [6, 6.07) is 12.6. The Morgan fingerprint density at radius 2 is 1.97 bits per heavy atom. The number of nitrogens with zero attached hydrogens (tertiary/aromatic N) is 1. The minimum absolute atomic E-state index is 0.00398. The largest absolute Gasteiger partial charge is 0.464 e. The number of halogens is 2. The van der Waals surface area contributed by atoms with Crippen molar-refractivity contribution in [2.24, 2.45) is 0 Å². The zero-order valence-electron chi connectivity index (χ0n) is 15.5. The van der Waals surface area contributed by atoms with E-state index in [0.29, 0.717) is 23.6 Å². The standard InChI is InChI=1S/C21H19BrClNO4S/c22-16-3-6-20-19(10-16)15(12-28-20)9-21(25)24(18-7-8-29(26,27)13-18)11-14-1-4-17(23)5-2-14/h1-6,10,12,18H,7-9,11,13H2. The van der Waals surface area contributed by atoms with E-state index >= 15 is 0 Å². The molecule has 0 spiro atoms. The lowest BCUT2D eigenvalue weighted by molar-refractivity contribution is -0.133. The van der Waals surface area contributed by atoms with Crippen LogP contribution in [0.15, 0.2) is 57.6 Å². The second-order valence-corrected chi connectivity index (χ2v) is 10.9. The first-order chi connectivity index (χ1) is 13.8. The van der Waals surface area contributed by atoms with Crippen LogP contribution in [0.4, 0.5) is 0 Å². The number of carbonyl (C=O) groups is 1. The average molecular weight is 497 g/mol. The average Bonchev–Trinajstić information content (AvgIpc) is 3.23. The van der Waals surface area contributed by atoms with Gasteiger partial charge >= 0.3 is 0 Å². The van der Waals surface area contributed by atoms with Crippen LogP contribution in [-0.2, 0) is 27.6 Å². The van der Waals surface area contributed by atoms with Crippen molar-refractivity contribution in [3.8, 4) is 0 Å². The topological polar surface area (TPSA) is 67.6 Å². The molecule has 0 bridgehead atoms. The maximum absolute atomic E-state index is 13.3. The number of rotatable bonds is 5. The van der Waals surface area contributed by atoms with Gasteiger partial charge in [0.25, 0.3) is 0 Å². The summed E-state index contributed by atoms with van der Waals surface area (Å²) in [5.41, 5.74) is 2.41. The second kappa shape index (κ2) is 8.13. The lowest BCUT2D eigenvalue weighted by atomic mass is 10.1. The Morgan fingerprint density at radius 1 is 1.21 bits per heavy atom. The third-order valence-electron chi connectivity index (χ3n) is 5.19. The fourth-order valence-electron chi connectivity index (χ4n) is 3.68. The molecule has 0 saturated carbocycles. The van der Waals surface area contributed by atoms with Gasteiger partial charge in [0.05, 0.1) is 24.2 Å². The van der Waals surface area contributed by atoms with Crippen LogP contribution in [0, 0.1) is 0 Å². The van der Waals surface area contributed by atoms with Crippen molar-refractivity contribution >= 4 is 54.2 Å². The number of sulfone groups is 1. The first kappa shape index (κ1) is 20.4. The molecule has 1 amide bonds. The van der Waals surface area contributed by atoms with Crippen molar-refractivity contribution in [1.29, 1.82) is 0 Å². The molecule has 0 aliphatic carbocycles. The van der Waals surface area contributed by atoms with Crippen LogP contribution in [0.1, 0.15) is 17.5 Å². The molecule has 3 aromatic rings. The molecule has 1 saturated heterocycles. The molecule has 1 unspecified atom stereocenters. The molecule has 4 rings (SSSR count). The molecule has 1 atom stereocenters. The smallest absolute Gasteiger partial charge is 0.227 e. The fourth-order valence-corrected chi connectivity index (χ4v) is 5.90. The summed E-state index contributed by atoms with van der Waals surface area (Å²) < 4.78 is 30.5. The van der Waals surface area contributed by atoms with Gasteiger partial charge in [-0.25, -0.2) is 8.42 Å². The van der Waals surface area contributed by atoms with Crippen molar-refractivity contribution in [3.05, 3.63) is 69.3 Å². The number of amides is 1. The number of furan rings is 1. The Morgan fingerprint density at radius 3 is 2.66 bits per heavy atom. The van der Waals surface area contributed by atoms with Crippen LogP contribution in [-0.4, -0.2) is 36.8 Å². The molecule has 1 fully saturated rings. The molecule has 2 aromatic carbocycles. The molecule has 1 aliphatic heterocycles. The number of hydrogen-bond acceptors (Lipinski definition) is 4. The van der Waals surface area contributed by atoms with Gasteiger partial charge in [0.2, 0.25) is 5.91 Å². The van der Waals surface area contributed by atoms with Gasteiger partial charge in [-0.05, 0) is 42.3 Å². The second-order valence-electron chi connectivity index (χ2n) is 7.28. The summed E-state index contributed by atoms with van der Waals surface area (Å²) in [6.07, 6.45) is 2.20. The van der Waals surface area contributed by atoms with Crippen molar-refractivity contribution in [2.45, 2.75) is 25.4 Å². The summed E-state index contributed by atoms with van der Waals surface area (Å²) in [6.45, 7) is 0.343. The summed E-state index contributed by atoms with van der Waals surface area (Å²) >= 11 is 9.41. The molecule has 8 heteroatoms. The van der Waals surface area contributed by atoms with Crippen LogP contribution < -0.4 is 0 Å². The predicted molar refractivity (Wildman–Crippen MR) is 117 cm³/mol. The van der Waals surface area contributed by atoms with E-state index in [4.69, 9.17) is 16.0 Å². The van der Waals surface area contributed by atoms with E-state index in [1.807, 2.05) is 30.3 Å². The molecule has 0 N–H and O–H groups in total. The van der Waals surface area contributed by atoms with E-state index in [0.717, 1.165) is 21.0 Å². The third-order valence-corrected chi connectivity index (χ3v) is 7.69. The van der Waals surface area contributed by atoms with Gasteiger partial charge in [-0.2, -0.15) is 0 Å². The maximum Gasteiger partial charge on any atom is 0.227 e. The quantitative estimate of drug-likeness (QED) is 0.517. The van der Waals surface area contributed by atoms with E-state index in [-0.39, 0.29) is 29.9 Å². The lowest BCUT2D eigenvalue weighted by Crippen LogP contribution is -2.41. The van der Waals surface area contributed by atoms with Gasteiger partial charge in [-0.15, -0.1) is 0 Å². The Balaban J connectivity index is 1.61. The first-order valence-corrected chi connectivity index (χ1v) is 12.2. The van der Waals surface area contributed by atoms with Crippen LogP contribution in [0.25, 0.3) is 11.0 Å². The first-order valence-electron chi connectivity index (χ1n) is 9.21. The van der Waals surface area contributed by atoms with Crippen LogP contribution in [0.5, 0.6) is 0 Å². The molecule has 2 heterocycles. The molecule has 152 valence electrons. The summed E-state index contributed by atoms with van der Waals surface area (Å²) in [5.74, 6) is -0.00191. The van der Waals surface area contributed by atoms with Gasteiger partial charge in [0.15, 0.2) is 9.84 Å². The third kappa shape index (κ3) is 4.68. The van der Waals surface area contributed by atoms with E-state index in [1.54, 1.807) is 23.3 Å². The summed E-state index contributed by atoms with van der Waals surface area (Å²) in [5, 5.41) is 1.49. The highest BCUT2D eigenvalue weighted by atomic mass is 79.9. The number of carbonyl (C=O) groups excluding carboxylic acids is 1. The normalized spacial score (nSPS) is 18.2. The number of fused-ring (bicyclic) bond motifs is 1. The van der Waals surface area contributed by atoms with Crippen molar-refractivity contribution in [1.82, 2.24) is 4.90 Å². The van der Waals surface area contributed by atoms with Crippen molar-refractivity contribution in [2.75, 3.05) is 11.5 Å². The number of benzene rings is 2. The van der Waals surface area contributed by atoms with Gasteiger partial charge in [0.1, 0.15) is 5.58 Å². The number of hydrogen-bond donors (Lipinski definition) is 0. The Kier molecular flexibility index (Phi) is 5.73. The van der Waals surface area contributed by atoms with Crippen molar-refractivity contribution in [3.63, 3.8) is 0 Å². The van der Waals surface area contributed by atoms with Gasteiger partial charge in [-0.3, -0.25) is 4.79 Å². The monoisotopic (exact) mass is 495 g/mol. The van der Waals surface area contributed by atoms with Crippen molar-refractivity contribution < 1.29 is 17.6 Å². The highest BCUT2D eigenvalue weighted by Crippen LogP contribution is 2.27. The van der Waals surface area contributed by atoms with E-state index in [2.05, 4.69) is 15.9 Å². The molecule has 0 radical (unpaired) electrons. The summed E-state index contributed by atoms with van der Waals surface area (Å²) in [4.78, 5) is 14.9. The van der Waals surface area contributed by atoms with Crippen LogP contribution >= 0.6 is 27.5 Å². The highest BCUT2D eigenvalue weighted by molar-refractivity contribution is 9.10. The zero-order chi connectivity index (χ0) is 20.6. The Hall–Kier alpha value is -1.83. The summed E-state index contributed by atoms with van der Waals surface area (Å²) in [7, 11) is -3.12. The molecule has 1 aliphatic rings. The van der Waals surface area contributed by atoms with E-state index in [1.165, 1.54) is 0 Å². The van der Waals surface area contributed by atoms with Gasteiger partial charge in [-0.1, -0.05) is 39.7 Å². The molecule has 29 heavy (non-hydrogen) atoms. The van der Waals surface area contributed by atoms with Gasteiger partial charge in [0, 0.05) is 33.0 Å². The molecule has 1 aromatic heterocycles. The predicted octanol–water partition coefficient (Wildman–Crippen LogP) is 4.61. The minimum Gasteiger partial charge on any atom is -0.464 e. The lowest BCUT2D eigenvalue weighted by Gasteiger charge is -2.28. The maximum atomic E-state index is 13.3.